The molecule has 7 nitrogen and oxygen atoms in total. The maximum absolute atomic E-state index is 12.0. The van der Waals surface area contributed by atoms with Gasteiger partial charge in [0, 0.05) is 12.5 Å². The van der Waals surface area contributed by atoms with E-state index < -0.39 is 30.8 Å². The Bertz CT molecular complexity index is 854. The van der Waals surface area contributed by atoms with Crippen LogP contribution in [-0.4, -0.2) is 55.4 Å². The van der Waals surface area contributed by atoms with Gasteiger partial charge in [-0.15, -0.1) is 11.8 Å². The smallest absolute Gasteiger partial charge is 0.217 e. The van der Waals surface area contributed by atoms with Crippen LogP contribution in [-0.2, 0) is 35.1 Å². The Morgan fingerprint density at radius 2 is 1.78 bits per heavy atom. The third-order valence-corrected chi connectivity index (χ3v) is 5.79. The molecule has 2 saturated heterocycles. The molecule has 4 rings (SSSR count). The lowest BCUT2D eigenvalue weighted by atomic mass is 9.95. The predicted octanol–water partition coefficient (Wildman–Crippen LogP) is 3.25. The van der Waals surface area contributed by atoms with Crippen molar-refractivity contribution in [2.24, 2.45) is 0 Å². The summed E-state index contributed by atoms with van der Waals surface area (Å²) < 4.78 is 30.8. The Morgan fingerprint density at radius 3 is 2.47 bits per heavy atom. The molecule has 0 aliphatic carbocycles. The predicted molar refractivity (Wildman–Crippen MR) is 121 cm³/mol. The van der Waals surface area contributed by atoms with Gasteiger partial charge >= 0.3 is 0 Å². The van der Waals surface area contributed by atoms with Crippen molar-refractivity contribution in [2.45, 2.75) is 50.5 Å². The minimum Gasteiger partial charge on any atom is -0.362 e. The van der Waals surface area contributed by atoms with Crippen molar-refractivity contribution >= 4 is 17.7 Å². The highest BCUT2D eigenvalue weighted by atomic mass is 32.2. The molecule has 2 aliphatic heterocycles. The van der Waals surface area contributed by atoms with E-state index in [-0.39, 0.29) is 12.0 Å². The lowest BCUT2D eigenvalue weighted by Gasteiger charge is -2.49. The zero-order valence-electron chi connectivity index (χ0n) is 18.2. The molecule has 6 atom stereocenters. The van der Waals surface area contributed by atoms with E-state index >= 15 is 0 Å². The standard InChI is InChI=1S/C24H29NO6S/c1-16(26)25-20-22(29-15-32-2)21-19(14-28-23(31-21)18-11-7-4-8-12-18)30-24(20)27-13-17-9-5-3-6-10-17/h3-12,19-24H,13-15H2,1-2H3,(H,25,26)/t19-,20-,21+,22-,23+,24+/m1/s1. The number of benzene rings is 2. The van der Waals surface area contributed by atoms with Crippen LogP contribution in [0.2, 0.25) is 0 Å². The normalized spacial score (nSPS) is 29.8. The van der Waals surface area contributed by atoms with E-state index in [1.807, 2.05) is 66.9 Å². The first kappa shape index (κ1) is 23.2. The number of carbonyl (C=O) groups is 1. The van der Waals surface area contributed by atoms with Gasteiger partial charge in [0.1, 0.15) is 24.4 Å². The highest BCUT2D eigenvalue weighted by Gasteiger charge is 2.51. The number of hydrogen-bond acceptors (Lipinski definition) is 7. The van der Waals surface area contributed by atoms with Crippen LogP contribution < -0.4 is 5.32 Å². The van der Waals surface area contributed by atoms with Gasteiger partial charge in [-0.1, -0.05) is 60.7 Å². The molecule has 0 spiro atoms. The highest BCUT2D eigenvalue weighted by Crippen LogP contribution is 2.36. The van der Waals surface area contributed by atoms with Crippen molar-refractivity contribution < 1.29 is 28.5 Å². The van der Waals surface area contributed by atoms with Gasteiger partial charge in [-0.25, -0.2) is 0 Å². The molecule has 1 amide bonds. The van der Waals surface area contributed by atoms with Crippen LogP contribution in [0.1, 0.15) is 24.3 Å². The summed E-state index contributed by atoms with van der Waals surface area (Å²) >= 11 is 1.56. The van der Waals surface area contributed by atoms with Gasteiger partial charge in [-0.3, -0.25) is 4.79 Å². The topological polar surface area (TPSA) is 75.3 Å². The van der Waals surface area contributed by atoms with E-state index in [1.54, 1.807) is 11.8 Å². The van der Waals surface area contributed by atoms with Gasteiger partial charge in [-0.2, -0.15) is 0 Å². The Balaban J connectivity index is 1.54. The third-order valence-electron chi connectivity index (χ3n) is 5.42. The lowest BCUT2D eigenvalue weighted by molar-refractivity contribution is -0.348. The molecule has 0 aromatic heterocycles. The number of hydrogen-bond donors (Lipinski definition) is 1. The van der Waals surface area contributed by atoms with Crippen LogP contribution in [0, 0.1) is 0 Å². The van der Waals surface area contributed by atoms with Crippen LogP contribution >= 0.6 is 11.8 Å². The molecule has 2 heterocycles. The zero-order chi connectivity index (χ0) is 22.3. The third kappa shape index (κ3) is 5.70. The van der Waals surface area contributed by atoms with Crippen molar-refractivity contribution in [3.8, 4) is 0 Å². The van der Waals surface area contributed by atoms with Gasteiger partial charge in [-0.05, 0) is 11.8 Å². The summed E-state index contributed by atoms with van der Waals surface area (Å²) in [7, 11) is 0. The summed E-state index contributed by atoms with van der Waals surface area (Å²) in [6.45, 7) is 2.16. The van der Waals surface area contributed by atoms with Gasteiger partial charge in [0.05, 0.1) is 19.2 Å². The Labute approximate surface area is 192 Å². The van der Waals surface area contributed by atoms with E-state index in [9.17, 15) is 4.79 Å². The van der Waals surface area contributed by atoms with Crippen LogP contribution in [0.3, 0.4) is 0 Å². The fourth-order valence-electron chi connectivity index (χ4n) is 3.98. The second kappa shape index (κ2) is 11.3. The molecular formula is C24H29NO6S. The molecule has 1 N–H and O–H groups in total. The van der Waals surface area contributed by atoms with E-state index in [0.29, 0.717) is 19.2 Å². The van der Waals surface area contributed by atoms with Gasteiger partial charge < -0.3 is 29.0 Å². The summed E-state index contributed by atoms with van der Waals surface area (Å²) in [6.07, 6.45) is -0.525. The quantitative estimate of drug-likeness (QED) is 0.608. The molecule has 2 fully saturated rings. The second-order valence-corrected chi connectivity index (χ2v) is 8.59. The molecule has 8 heteroatoms. The summed E-state index contributed by atoms with van der Waals surface area (Å²) in [5.41, 5.74) is 1.94. The number of thioether (sulfide) groups is 1. The summed E-state index contributed by atoms with van der Waals surface area (Å²) in [5.74, 6) is 0.269. The number of amides is 1. The van der Waals surface area contributed by atoms with Crippen LogP contribution in [0.15, 0.2) is 60.7 Å². The minimum atomic E-state index is -0.701. The monoisotopic (exact) mass is 459 g/mol. The van der Waals surface area contributed by atoms with Crippen molar-refractivity contribution in [2.75, 3.05) is 18.8 Å². The fourth-order valence-corrected chi connectivity index (χ4v) is 4.27. The molecule has 32 heavy (non-hydrogen) atoms. The van der Waals surface area contributed by atoms with Crippen LogP contribution in [0.25, 0.3) is 0 Å². The van der Waals surface area contributed by atoms with E-state index in [2.05, 4.69) is 5.32 Å². The highest BCUT2D eigenvalue weighted by molar-refractivity contribution is 7.98. The van der Waals surface area contributed by atoms with E-state index in [0.717, 1.165) is 11.1 Å². The average Bonchev–Trinajstić information content (AvgIpc) is 2.82. The minimum absolute atomic E-state index is 0.185. The van der Waals surface area contributed by atoms with Crippen molar-refractivity contribution in [3.05, 3.63) is 71.8 Å². The van der Waals surface area contributed by atoms with E-state index in [4.69, 9.17) is 23.7 Å². The molecule has 0 bridgehead atoms. The summed E-state index contributed by atoms with van der Waals surface area (Å²) in [4.78, 5) is 12.0. The molecular weight excluding hydrogens is 430 g/mol. The van der Waals surface area contributed by atoms with Gasteiger partial charge in [0.2, 0.25) is 5.91 Å². The van der Waals surface area contributed by atoms with Crippen molar-refractivity contribution in [3.63, 3.8) is 0 Å². The molecule has 172 valence electrons. The maximum atomic E-state index is 12.0. The largest absolute Gasteiger partial charge is 0.362 e. The van der Waals surface area contributed by atoms with E-state index in [1.165, 1.54) is 6.92 Å². The summed E-state index contributed by atoms with van der Waals surface area (Å²) in [5, 5.41) is 2.97. The number of nitrogens with one attached hydrogen (secondary N) is 1. The molecule has 2 aliphatic rings. The number of carbonyl (C=O) groups excluding carboxylic acids is 1. The molecule has 0 radical (unpaired) electrons. The number of fused-ring (bicyclic) bond motifs is 1. The molecule has 2 aromatic carbocycles. The molecule has 0 unspecified atom stereocenters. The Kier molecular flexibility index (Phi) is 8.18. The number of ether oxygens (including phenoxy) is 5. The first-order valence-corrected chi connectivity index (χ1v) is 12.1. The SMILES string of the molecule is CSCO[C@@H]1[C@@H](NC(C)=O)[C@@H](OCc2ccccc2)O[C@@H]2CO[C@H](c3ccccc3)O[C@H]12. The maximum Gasteiger partial charge on any atom is 0.217 e. The average molecular weight is 460 g/mol. The Hall–Kier alpha value is -1.94. The van der Waals surface area contributed by atoms with Crippen molar-refractivity contribution in [1.82, 2.24) is 5.32 Å². The first-order valence-electron chi connectivity index (χ1n) is 10.7. The van der Waals surface area contributed by atoms with Crippen molar-refractivity contribution in [1.29, 1.82) is 0 Å². The number of rotatable bonds is 8. The van der Waals surface area contributed by atoms with Crippen LogP contribution in [0.4, 0.5) is 0 Å². The molecule has 0 saturated carbocycles. The first-order chi connectivity index (χ1) is 15.7. The van der Waals surface area contributed by atoms with Gasteiger partial charge in [0.25, 0.3) is 0 Å². The van der Waals surface area contributed by atoms with Crippen LogP contribution in [0.5, 0.6) is 0 Å². The summed E-state index contributed by atoms with van der Waals surface area (Å²) in [6, 6.07) is 19.1. The van der Waals surface area contributed by atoms with Gasteiger partial charge in [0.15, 0.2) is 12.6 Å². The fraction of sp³-hybridized carbons (Fsp3) is 0.458. The molecule has 2 aromatic rings. The Morgan fingerprint density at radius 1 is 1.06 bits per heavy atom. The zero-order valence-corrected chi connectivity index (χ0v) is 19.0. The second-order valence-electron chi connectivity index (χ2n) is 7.78. The lowest BCUT2D eigenvalue weighted by Crippen LogP contribution is -2.67.